The van der Waals surface area contributed by atoms with E-state index in [9.17, 15) is 14.4 Å². The third kappa shape index (κ3) is 2.38. The van der Waals surface area contributed by atoms with Crippen molar-refractivity contribution in [2.24, 2.45) is 5.92 Å². The Morgan fingerprint density at radius 1 is 1.36 bits per heavy atom. The van der Waals surface area contributed by atoms with Gasteiger partial charge in [-0.25, -0.2) is 9.78 Å². The first kappa shape index (κ1) is 16.3. The van der Waals surface area contributed by atoms with Crippen LogP contribution in [0.3, 0.4) is 0 Å². The lowest BCUT2D eigenvalue weighted by atomic mass is 9.73. The van der Waals surface area contributed by atoms with Gasteiger partial charge in [-0.05, 0) is 25.7 Å². The summed E-state index contributed by atoms with van der Waals surface area (Å²) in [5.41, 5.74) is 0.296. The van der Waals surface area contributed by atoms with Gasteiger partial charge in [0.05, 0.1) is 12.2 Å². The van der Waals surface area contributed by atoms with Crippen LogP contribution in [0, 0.1) is 12.8 Å². The lowest BCUT2D eigenvalue weighted by Gasteiger charge is -2.36. The molecule has 1 saturated heterocycles. The summed E-state index contributed by atoms with van der Waals surface area (Å²) in [6.45, 7) is 3.89. The van der Waals surface area contributed by atoms with Crippen LogP contribution in [0.25, 0.3) is 4.96 Å². The van der Waals surface area contributed by atoms with Gasteiger partial charge in [-0.15, -0.1) is 11.3 Å². The summed E-state index contributed by atoms with van der Waals surface area (Å²) in [4.78, 5) is 44.0. The summed E-state index contributed by atoms with van der Waals surface area (Å²) in [5, 5.41) is 4.78. The molecule has 1 saturated carbocycles. The van der Waals surface area contributed by atoms with Crippen LogP contribution < -0.4 is 10.9 Å². The zero-order valence-electron chi connectivity index (χ0n) is 14.2. The molecule has 1 spiro atoms. The predicted octanol–water partition coefficient (Wildman–Crippen LogP) is 2.07. The Bertz CT molecular complexity index is 934. The fraction of sp³-hybridized carbons (Fsp3) is 0.529. The number of fused-ring (bicyclic) bond motifs is 1. The number of hydrogen-bond donors (Lipinski definition) is 1. The molecule has 8 heteroatoms. The standard InChI is InChI=1S/C17H20N4O3S/c1-10-5-3-4-6-17(10)14(23)20(15(24)19-17)8-12-7-13(22)21-11(2)9-25-16(21)18-12/h7,9-10H,3-6,8H2,1-2H3,(H,19,24). The Labute approximate surface area is 148 Å². The molecule has 3 amide bonds. The smallest absolute Gasteiger partial charge is 0.323 e. The van der Waals surface area contributed by atoms with Crippen LogP contribution in [0.4, 0.5) is 4.79 Å². The number of hydrogen-bond acceptors (Lipinski definition) is 5. The maximum absolute atomic E-state index is 13.0. The number of rotatable bonds is 2. The van der Waals surface area contributed by atoms with Gasteiger partial charge in [-0.1, -0.05) is 19.8 Å². The van der Waals surface area contributed by atoms with Gasteiger partial charge in [0.1, 0.15) is 5.54 Å². The zero-order chi connectivity index (χ0) is 17.8. The van der Waals surface area contributed by atoms with Crippen LogP contribution in [0.15, 0.2) is 16.2 Å². The molecule has 2 aromatic heterocycles. The van der Waals surface area contributed by atoms with Gasteiger partial charge in [0.15, 0.2) is 4.96 Å². The van der Waals surface area contributed by atoms with E-state index in [-0.39, 0.29) is 30.0 Å². The topological polar surface area (TPSA) is 83.8 Å². The first-order valence-corrected chi connectivity index (χ1v) is 9.41. The molecule has 2 aliphatic rings. The lowest BCUT2D eigenvalue weighted by molar-refractivity contribution is -0.134. The Morgan fingerprint density at radius 3 is 2.92 bits per heavy atom. The highest BCUT2D eigenvalue weighted by molar-refractivity contribution is 7.15. The molecule has 1 aliphatic heterocycles. The van der Waals surface area contributed by atoms with E-state index in [1.165, 1.54) is 26.7 Å². The largest absolute Gasteiger partial charge is 0.325 e. The number of nitrogens with one attached hydrogen (secondary N) is 1. The van der Waals surface area contributed by atoms with Crippen molar-refractivity contribution >= 4 is 28.2 Å². The minimum atomic E-state index is -0.784. The second kappa shape index (κ2) is 5.66. The molecule has 2 atom stereocenters. The fourth-order valence-electron chi connectivity index (χ4n) is 3.98. The van der Waals surface area contributed by atoms with E-state index in [1.807, 2.05) is 19.2 Å². The number of aromatic nitrogens is 2. The van der Waals surface area contributed by atoms with Crippen LogP contribution >= 0.6 is 11.3 Å². The Morgan fingerprint density at radius 2 is 2.16 bits per heavy atom. The second-order valence-corrected chi connectivity index (χ2v) is 7.86. The van der Waals surface area contributed by atoms with E-state index in [1.54, 1.807) is 0 Å². The van der Waals surface area contributed by atoms with Crippen molar-refractivity contribution in [2.45, 2.75) is 51.6 Å². The summed E-state index contributed by atoms with van der Waals surface area (Å²) in [5.74, 6) is -0.0715. The summed E-state index contributed by atoms with van der Waals surface area (Å²) in [6.07, 6.45) is 3.62. The average Bonchev–Trinajstić information content (AvgIpc) is 3.05. The average molecular weight is 360 g/mol. The number of carbonyl (C=O) groups is 2. The molecule has 2 unspecified atom stereocenters. The van der Waals surface area contributed by atoms with Crippen LogP contribution in [-0.4, -0.2) is 31.8 Å². The zero-order valence-corrected chi connectivity index (χ0v) is 15.1. The van der Waals surface area contributed by atoms with Crippen molar-refractivity contribution in [3.63, 3.8) is 0 Å². The van der Waals surface area contributed by atoms with Crippen molar-refractivity contribution in [1.29, 1.82) is 0 Å². The molecule has 4 rings (SSSR count). The van der Waals surface area contributed by atoms with Crippen molar-refractivity contribution in [3.8, 4) is 0 Å². The number of aryl methyl sites for hydroxylation is 1. The molecule has 7 nitrogen and oxygen atoms in total. The SMILES string of the molecule is Cc1csc2nc(CN3C(=O)NC4(CCCCC4C)C3=O)cc(=O)n12. The molecule has 1 N–H and O–H groups in total. The molecule has 25 heavy (non-hydrogen) atoms. The van der Waals surface area contributed by atoms with Gasteiger partial charge in [0, 0.05) is 17.1 Å². The second-order valence-electron chi connectivity index (χ2n) is 7.02. The third-order valence-electron chi connectivity index (χ3n) is 5.45. The molecule has 2 fully saturated rings. The predicted molar refractivity (Wildman–Crippen MR) is 93.5 cm³/mol. The Kier molecular flexibility index (Phi) is 3.68. The highest BCUT2D eigenvalue weighted by Gasteiger charge is 2.54. The summed E-state index contributed by atoms with van der Waals surface area (Å²) in [6, 6.07) is 1.02. The molecular formula is C17H20N4O3S. The number of amides is 3. The van der Waals surface area contributed by atoms with Crippen LogP contribution in [0.5, 0.6) is 0 Å². The summed E-state index contributed by atoms with van der Waals surface area (Å²) in [7, 11) is 0. The van der Waals surface area contributed by atoms with Crippen LogP contribution in [-0.2, 0) is 11.3 Å². The van der Waals surface area contributed by atoms with Gasteiger partial charge < -0.3 is 5.32 Å². The number of carbonyl (C=O) groups excluding carboxylic acids is 2. The Balaban J connectivity index is 1.66. The van der Waals surface area contributed by atoms with Crippen LogP contribution in [0.2, 0.25) is 0 Å². The molecule has 0 radical (unpaired) electrons. The first-order chi connectivity index (χ1) is 11.9. The maximum atomic E-state index is 13.0. The van der Waals surface area contributed by atoms with Crippen molar-refractivity contribution in [2.75, 3.05) is 0 Å². The molecule has 3 heterocycles. The van der Waals surface area contributed by atoms with Gasteiger partial charge >= 0.3 is 6.03 Å². The monoisotopic (exact) mass is 360 g/mol. The van der Waals surface area contributed by atoms with E-state index >= 15 is 0 Å². The van der Waals surface area contributed by atoms with E-state index in [0.29, 0.717) is 17.1 Å². The van der Waals surface area contributed by atoms with Gasteiger partial charge in [-0.3, -0.25) is 18.9 Å². The number of thiazole rings is 1. The molecular weight excluding hydrogens is 340 g/mol. The molecule has 0 bridgehead atoms. The Hall–Kier alpha value is -2.22. The van der Waals surface area contributed by atoms with Gasteiger partial charge in [-0.2, -0.15) is 0 Å². The van der Waals surface area contributed by atoms with E-state index < -0.39 is 5.54 Å². The van der Waals surface area contributed by atoms with Crippen LogP contribution in [0.1, 0.15) is 44.0 Å². The summed E-state index contributed by atoms with van der Waals surface area (Å²) < 4.78 is 1.53. The third-order valence-corrected chi connectivity index (χ3v) is 6.39. The maximum Gasteiger partial charge on any atom is 0.325 e. The minimum Gasteiger partial charge on any atom is -0.323 e. The van der Waals surface area contributed by atoms with E-state index in [4.69, 9.17) is 0 Å². The number of nitrogens with zero attached hydrogens (tertiary/aromatic N) is 3. The first-order valence-electron chi connectivity index (χ1n) is 8.53. The number of imide groups is 1. The normalized spacial score (nSPS) is 26.6. The van der Waals surface area contributed by atoms with E-state index in [0.717, 1.165) is 25.0 Å². The quantitative estimate of drug-likeness (QED) is 0.831. The highest BCUT2D eigenvalue weighted by Crippen LogP contribution is 2.38. The van der Waals surface area contributed by atoms with Crippen molar-refractivity contribution < 1.29 is 9.59 Å². The highest BCUT2D eigenvalue weighted by atomic mass is 32.1. The minimum absolute atomic E-state index is 0.0296. The fourth-order valence-corrected chi connectivity index (χ4v) is 4.87. The molecule has 0 aromatic carbocycles. The van der Waals surface area contributed by atoms with E-state index in [2.05, 4.69) is 10.3 Å². The summed E-state index contributed by atoms with van der Waals surface area (Å²) >= 11 is 1.37. The van der Waals surface area contributed by atoms with Gasteiger partial charge in [0.25, 0.3) is 11.5 Å². The number of urea groups is 1. The van der Waals surface area contributed by atoms with Crippen molar-refractivity contribution in [1.82, 2.24) is 19.6 Å². The van der Waals surface area contributed by atoms with Gasteiger partial charge in [0.2, 0.25) is 0 Å². The molecule has 2 aromatic rings. The molecule has 1 aliphatic carbocycles. The van der Waals surface area contributed by atoms with Crippen molar-refractivity contribution in [3.05, 3.63) is 33.2 Å². The molecule has 132 valence electrons. The lowest BCUT2D eigenvalue weighted by Crippen LogP contribution is -2.53.